The molecule has 0 aromatic heterocycles. The number of nitriles is 1. The number of hydrogen-bond acceptors (Lipinski definition) is 4. The third-order valence-electron chi connectivity index (χ3n) is 3.77. The number of ether oxygens (including phenoxy) is 2. The zero-order valence-corrected chi connectivity index (χ0v) is 17.5. The van der Waals surface area contributed by atoms with Crippen LogP contribution in [0, 0.1) is 30.6 Å². The molecule has 1 N–H and O–H groups in total. The zero-order valence-electron chi connectivity index (χ0n) is 15.2. The Labute approximate surface area is 177 Å². The molecule has 0 bridgehead atoms. The molecule has 0 heterocycles. The van der Waals surface area contributed by atoms with Crippen molar-refractivity contribution in [2.75, 3.05) is 19.0 Å². The molecule has 1 amide bonds. The van der Waals surface area contributed by atoms with Gasteiger partial charge in [-0.15, -0.1) is 6.42 Å². The van der Waals surface area contributed by atoms with Crippen LogP contribution < -0.4 is 14.8 Å². The third kappa shape index (κ3) is 5.07. The van der Waals surface area contributed by atoms with E-state index < -0.39 is 5.91 Å². The molecule has 0 aliphatic heterocycles. The highest BCUT2D eigenvalue weighted by Crippen LogP contribution is 2.34. The lowest BCUT2D eigenvalue weighted by Crippen LogP contribution is -2.14. The first kappa shape index (κ1) is 21.4. The maximum atomic E-state index is 12.5. The monoisotopic (exact) mass is 458 g/mol. The quantitative estimate of drug-likeness (QED) is 0.376. The van der Waals surface area contributed by atoms with Crippen molar-refractivity contribution in [1.82, 2.24) is 0 Å². The first-order valence-electron chi connectivity index (χ1n) is 8.03. The van der Waals surface area contributed by atoms with Gasteiger partial charge in [0.15, 0.2) is 11.5 Å². The summed E-state index contributed by atoms with van der Waals surface area (Å²) in [6.45, 7) is 1.87. The Morgan fingerprint density at radius 2 is 2.14 bits per heavy atom. The number of carbonyl (C=O) groups is 1. The van der Waals surface area contributed by atoms with E-state index in [2.05, 4.69) is 27.2 Å². The number of nitrogens with zero attached hydrogens (tertiary/aromatic N) is 1. The second kappa shape index (κ2) is 9.85. The predicted molar refractivity (Wildman–Crippen MR) is 113 cm³/mol. The summed E-state index contributed by atoms with van der Waals surface area (Å²) in [4.78, 5) is 12.5. The van der Waals surface area contributed by atoms with Crippen LogP contribution in [0.15, 0.2) is 40.4 Å². The lowest BCUT2D eigenvalue weighted by molar-refractivity contribution is -0.112. The molecule has 0 unspecified atom stereocenters. The van der Waals surface area contributed by atoms with Crippen LogP contribution in [-0.4, -0.2) is 19.6 Å². The predicted octanol–water partition coefficient (Wildman–Crippen LogP) is 4.98. The summed E-state index contributed by atoms with van der Waals surface area (Å²) < 4.78 is 11.3. The first-order valence-corrected chi connectivity index (χ1v) is 9.20. The molecule has 0 spiro atoms. The van der Waals surface area contributed by atoms with Gasteiger partial charge in [-0.3, -0.25) is 4.79 Å². The van der Waals surface area contributed by atoms with Gasteiger partial charge in [0.1, 0.15) is 18.2 Å². The topological polar surface area (TPSA) is 71.3 Å². The van der Waals surface area contributed by atoms with E-state index in [-0.39, 0.29) is 12.2 Å². The highest BCUT2D eigenvalue weighted by Gasteiger charge is 2.15. The van der Waals surface area contributed by atoms with Crippen molar-refractivity contribution < 1.29 is 14.3 Å². The zero-order chi connectivity index (χ0) is 20.7. The minimum Gasteiger partial charge on any atom is -0.493 e. The van der Waals surface area contributed by atoms with Crippen LogP contribution in [0.4, 0.5) is 5.69 Å². The van der Waals surface area contributed by atoms with Gasteiger partial charge in [-0.05, 0) is 48.4 Å². The number of benzene rings is 2. The Morgan fingerprint density at radius 3 is 2.79 bits per heavy atom. The van der Waals surface area contributed by atoms with E-state index in [1.54, 1.807) is 37.3 Å². The minimum atomic E-state index is -0.550. The number of carbonyl (C=O) groups excluding carboxylic acids is 1. The summed E-state index contributed by atoms with van der Waals surface area (Å²) in [5, 5.41) is 12.7. The molecule has 0 aliphatic rings. The van der Waals surface area contributed by atoms with Crippen LogP contribution in [-0.2, 0) is 4.79 Å². The Hall–Kier alpha value is -2.93. The minimum absolute atomic E-state index is 0.0839. The average Bonchev–Trinajstić information content (AvgIpc) is 2.68. The molecule has 0 aliphatic carbocycles. The first-order chi connectivity index (χ1) is 13.4. The fourth-order valence-corrected chi connectivity index (χ4v) is 2.90. The smallest absolute Gasteiger partial charge is 0.266 e. The van der Waals surface area contributed by atoms with E-state index in [0.29, 0.717) is 37.8 Å². The number of amides is 1. The fourth-order valence-electron chi connectivity index (χ4n) is 2.29. The molecule has 2 aromatic carbocycles. The largest absolute Gasteiger partial charge is 0.493 e. The van der Waals surface area contributed by atoms with Gasteiger partial charge >= 0.3 is 0 Å². The lowest BCUT2D eigenvalue weighted by atomic mass is 10.1. The van der Waals surface area contributed by atoms with E-state index in [1.165, 1.54) is 13.2 Å². The maximum absolute atomic E-state index is 12.5. The van der Waals surface area contributed by atoms with Crippen LogP contribution in [0.1, 0.15) is 11.1 Å². The second-order valence-electron chi connectivity index (χ2n) is 5.55. The molecule has 0 saturated carbocycles. The van der Waals surface area contributed by atoms with E-state index in [1.807, 2.05) is 6.07 Å². The number of methoxy groups -OCH3 is 1. The van der Waals surface area contributed by atoms with Crippen molar-refractivity contribution in [2.45, 2.75) is 6.92 Å². The van der Waals surface area contributed by atoms with Gasteiger partial charge in [-0.1, -0.05) is 39.5 Å². The molecule has 0 radical (unpaired) electrons. The van der Waals surface area contributed by atoms with Crippen LogP contribution >= 0.6 is 27.5 Å². The van der Waals surface area contributed by atoms with Gasteiger partial charge in [0.05, 0.1) is 7.11 Å². The summed E-state index contributed by atoms with van der Waals surface area (Å²) in [6, 6.07) is 10.4. The second-order valence-corrected chi connectivity index (χ2v) is 6.82. The SMILES string of the molecule is C#CCOc1cc(Br)c(/C=C(\C#N)C(=O)Nc2cccc(Cl)c2C)cc1OC. The van der Waals surface area contributed by atoms with Gasteiger partial charge in [-0.2, -0.15) is 5.26 Å². The molecule has 2 aromatic rings. The third-order valence-corrected chi connectivity index (χ3v) is 4.87. The van der Waals surface area contributed by atoms with Crippen molar-refractivity contribution in [3.63, 3.8) is 0 Å². The standard InChI is InChI=1S/C21H16BrClN2O3/c1-4-8-28-20-11-16(22)14(10-19(20)27-3)9-15(12-24)21(26)25-18-7-5-6-17(23)13(18)2/h1,5-7,9-11H,8H2,2-3H3,(H,25,26)/b15-9+. The molecular weight excluding hydrogens is 444 g/mol. The van der Waals surface area contributed by atoms with Crippen LogP contribution in [0.25, 0.3) is 6.08 Å². The molecule has 0 atom stereocenters. The maximum Gasteiger partial charge on any atom is 0.266 e. The number of rotatable bonds is 6. The van der Waals surface area contributed by atoms with Crippen LogP contribution in [0.5, 0.6) is 11.5 Å². The Balaban J connectivity index is 2.35. The van der Waals surface area contributed by atoms with E-state index in [0.717, 1.165) is 0 Å². The molecule has 28 heavy (non-hydrogen) atoms. The van der Waals surface area contributed by atoms with Gasteiger partial charge in [0, 0.05) is 15.2 Å². The van der Waals surface area contributed by atoms with E-state index in [4.69, 9.17) is 27.5 Å². The normalized spacial score (nSPS) is 10.6. The Kier molecular flexibility index (Phi) is 7.52. The Morgan fingerprint density at radius 1 is 1.39 bits per heavy atom. The Bertz CT molecular complexity index is 1020. The summed E-state index contributed by atoms with van der Waals surface area (Å²) in [5.74, 6) is 2.70. The van der Waals surface area contributed by atoms with Gasteiger partial charge in [-0.25, -0.2) is 0 Å². The lowest BCUT2D eigenvalue weighted by Gasteiger charge is -2.12. The number of halogens is 2. The molecule has 0 saturated heterocycles. The summed E-state index contributed by atoms with van der Waals surface area (Å²) in [6.07, 6.45) is 6.66. The molecule has 142 valence electrons. The summed E-state index contributed by atoms with van der Waals surface area (Å²) in [5.41, 5.74) is 1.74. The van der Waals surface area contributed by atoms with Crippen molar-refractivity contribution in [3.05, 3.63) is 56.5 Å². The van der Waals surface area contributed by atoms with Crippen LogP contribution in [0.2, 0.25) is 5.02 Å². The highest BCUT2D eigenvalue weighted by atomic mass is 79.9. The van der Waals surface area contributed by atoms with E-state index >= 15 is 0 Å². The number of hydrogen-bond donors (Lipinski definition) is 1. The fraction of sp³-hybridized carbons (Fsp3) is 0.143. The van der Waals surface area contributed by atoms with Crippen molar-refractivity contribution in [2.24, 2.45) is 0 Å². The van der Waals surface area contributed by atoms with Crippen LogP contribution in [0.3, 0.4) is 0 Å². The molecule has 7 heteroatoms. The molecule has 2 rings (SSSR count). The number of nitrogens with one attached hydrogen (secondary N) is 1. The molecule has 0 fully saturated rings. The summed E-state index contributed by atoms with van der Waals surface area (Å²) >= 11 is 9.48. The number of anilines is 1. The van der Waals surface area contributed by atoms with Gasteiger partial charge < -0.3 is 14.8 Å². The highest BCUT2D eigenvalue weighted by molar-refractivity contribution is 9.10. The van der Waals surface area contributed by atoms with E-state index in [9.17, 15) is 10.1 Å². The summed E-state index contributed by atoms with van der Waals surface area (Å²) in [7, 11) is 1.49. The van der Waals surface area contributed by atoms with Crippen molar-refractivity contribution in [3.8, 4) is 29.9 Å². The van der Waals surface area contributed by atoms with Gasteiger partial charge in [0.2, 0.25) is 0 Å². The average molecular weight is 460 g/mol. The van der Waals surface area contributed by atoms with Crippen molar-refractivity contribution >= 4 is 45.2 Å². The molecule has 5 nitrogen and oxygen atoms in total. The number of terminal acetylenes is 1. The molecular formula is C21H16BrClN2O3. The van der Waals surface area contributed by atoms with Gasteiger partial charge in [0.25, 0.3) is 5.91 Å². The van der Waals surface area contributed by atoms with Crippen molar-refractivity contribution in [1.29, 1.82) is 5.26 Å².